The third-order valence-corrected chi connectivity index (χ3v) is 9.75. The smallest absolute Gasteiger partial charge is 0.314 e. The van der Waals surface area contributed by atoms with Gasteiger partial charge in [-0.05, 0) is 59.7 Å². The Labute approximate surface area is 329 Å². The van der Waals surface area contributed by atoms with E-state index in [1.807, 2.05) is 0 Å². The molecule has 0 aliphatic carbocycles. The van der Waals surface area contributed by atoms with Crippen LogP contribution in [0.1, 0.15) is 35.8 Å². The number of hydrogen-bond donors (Lipinski definition) is 4. The highest BCUT2D eigenvalue weighted by Gasteiger charge is 2.25. The van der Waals surface area contributed by atoms with Crippen molar-refractivity contribution in [3.8, 4) is 22.9 Å². The van der Waals surface area contributed by atoms with Gasteiger partial charge in [0.25, 0.3) is 11.8 Å². The van der Waals surface area contributed by atoms with Crippen LogP contribution in [-0.2, 0) is 42.5 Å². The molecule has 6 N–H and O–H groups in total. The number of amides is 2. The first-order valence-corrected chi connectivity index (χ1v) is 19.4. The van der Waals surface area contributed by atoms with Crippen LogP contribution in [0.2, 0.25) is 5.02 Å². The number of carbonyl (C=O) groups is 2. The molecule has 0 bridgehead atoms. The first kappa shape index (κ1) is 43.0. The average Bonchev–Trinajstić information content (AvgIpc) is 3.85. The number of anilines is 2. The molecule has 0 radical (unpaired) electrons. The second-order valence-corrected chi connectivity index (χ2v) is 15.1. The topological polar surface area (TPSA) is 256 Å². The van der Waals surface area contributed by atoms with Crippen molar-refractivity contribution in [2.24, 2.45) is 10.3 Å². The molecule has 2 amide bonds. The third-order valence-electron chi connectivity index (χ3n) is 7.48. The fourth-order valence-corrected chi connectivity index (χ4v) is 6.64. The number of nitrogens with one attached hydrogen (secondary N) is 2. The molecule has 6 rings (SSSR count). The van der Waals surface area contributed by atoms with Crippen molar-refractivity contribution >= 4 is 54.8 Å². The Kier molecular flexibility index (Phi) is 13.3. The number of carbonyl (C=O) groups excluding carboxylic acids is 2. The van der Waals surface area contributed by atoms with E-state index in [2.05, 4.69) is 31.0 Å². The summed E-state index contributed by atoms with van der Waals surface area (Å²) in [7, 11) is -8.65. The Hall–Kier alpha value is -6.14. The van der Waals surface area contributed by atoms with Crippen LogP contribution in [0.4, 0.5) is 33.3 Å². The summed E-state index contributed by atoms with van der Waals surface area (Å²) in [4.78, 5) is 23.4. The van der Waals surface area contributed by atoms with Crippen molar-refractivity contribution in [3.63, 3.8) is 0 Å². The normalized spacial score (nSPS) is 11.6. The van der Waals surface area contributed by atoms with E-state index in [1.54, 1.807) is 30.3 Å². The molecule has 0 fully saturated rings. The fraction of sp³-hybridized carbons (Fsp3) is 0.118. The van der Waals surface area contributed by atoms with Crippen LogP contribution in [0, 0.1) is 5.82 Å². The van der Waals surface area contributed by atoms with Crippen LogP contribution in [0.3, 0.4) is 0 Å². The monoisotopic (exact) mass is 868 g/mol. The van der Waals surface area contributed by atoms with Crippen molar-refractivity contribution in [3.05, 3.63) is 119 Å². The lowest BCUT2D eigenvalue weighted by Crippen LogP contribution is -2.17. The van der Waals surface area contributed by atoms with E-state index < -0.39 is 83.9 Å². The maximum atomic E-state index is 13.7. The van der Waals surface area contributed by atoms with E-state index in [4.69, 9.17) is 30.7 Å². The molecule has 0 saturated carbocycles. The van der Waals surface area contributed by atoms with Gasteiger partial charge in [-0.15, -0.1) is 20.4 Å². The molecule has 0 aliphatic heterocycles. The lowest BCUT2D eigenvalue weighted by Gasteiger charge is -2.10. The lowest BCUT2D eigenvalue weighted by atomic mass is 10.1. The molecule has 2 aromatic heterocycles. The Morgan fingerprint density at radius 2 is 1.05 bits per heavy atom. The van der Waals surface area contributed by atoms with Crippen LogP contribution in [-0.4, -0.2) is 49.0 Å². The van der Waals surface area contributed by atoms with Gasteiger partial charge < -0.3 is 19.5 Å². The van der Waals surface area contributed by atoms with E-state index in [0.717, 1.165) is 12.1 Å². The van der Waals surface area contributed by atoms with Gasteiger partial charge in [0.15, 0.2) is 0 Å². The summed E-state index contributed by atoms with van der Waals surface area (Å²) < 4.78 is 122. The zero-order valence-electron chi connectivity index (χ0n) is 28.9. The van der Waals surface area contributed by atoms with Crippen LogP contribution in [0.15, 0.2) is 104 Å². The molecule has 0 aliphatic rings. The van der Waals surface area contributed by atoms with E-state index in [9.17, 15) is 48.4 Å². The van der Waals surface area contributed by atoms with Gasteiger partial charge in [-0.1, -0.05) is 48.0 Å². The second kappa shape index (κ2) is 18.0. The van der Waals surface area contributed by atoms with Gasteiger partial charge in [0.05, 0.1) is 33.8 Å². The molecule has 58 heavy (non-hydrogen) atoms. The molecule has 4 aromatic carbocycles. The summed E-state index contributed by atoms with van der Waals surface area (Å²) in [6, 6.07) is 19.5. The van der Waals surface area contributed by atoms with Gasteiger partial charge >= 0.3 is 12.9 Å². The van der Waals surface area contributed by atoms with Crippen LogP contribution in [0.25, 0.3) is 22.9 Å². The number of nitrogens with two attached hydrogens (primary N) is 2. The minimum absolute atomic E-state index is 0.0349. The van der Waals surface area contributed by atoms with Crippen LogP contribution in [0.5, 0.6) is 0 Å². The van der Waals surface area contributed by atoms with Crippen LogP contribution < -0.4 is 20.9 Å². The summed E-state index contributed by atoms with van der Waals surface area (Å²) in [6.07, 6.45) is -6.39. The average molecular weight is 869 g/mol. The number of halogens is 6. The molecular weight excluding hydrogens is 843 g/mol. The number of hydrogen-bond acceptors (Lipinski definition) is 12. The molecule has 16 nitrogen and oxygen atoms in total. The molecule has 0 atom stereocenters. The first-order valence-electron chi connectivity index (χ1n) is 15.9. The SMILES string of the molecule is NS(=O)(=O)c1cc(NC(=O)Cc2ccccc2Cl)ccc1-c1nnc(C(F)F)o1.NS(=O)(=O)c1cc(NC(=O)Cc2ccccc2F)ccc1-c1nnc(C(F)F)o1. The summed E-state index contributed by atoms with van der Waals surface area (Å²) in [5.41, 5.74) is 0.505. The minimum Gasteiger partial charge on any atom is -0.415 e. The zero-order chi connectivity index (χ0) is 42.4. The summed E-state index contributed by atoms with van der Waals surface area (Å²) in [6.45, 7) is 0. The van der Waals surface area contributed by atoms with Crippen molar-refractivity contribution in [1.29, 1.82) is 0 Å². The quantitative estimate of drug-likeness (QED) is 0.107. The fourth-order valence-electron chi connectivity index (χ4n) is 4.93. The highest BCUT2D eigenvalue weighted by molar-refractivity contribution is 7.89. The highest BCUT2D eigenvalue weighted by Crippen LogP contribution is 2.32. The molecule has 304 valence electrons. The second-order valence-electron chi connectivity index (χ2n) is 11.6. The zero-order valence-corrected chi connectivity index (χ0v) is 31.3. The Bertz CT molecular complexity index is 2520. The number of nitrogens with zero attached hydrogens (tertiary/aromatic N) is 4. The first-order chi connectivity index (χ1) is 27.3. The predicted octanol–water partition coefficient (Wildman–Crippen LogP) is 5.80. The molecule has 0 saturated heterocycles. The standard InChI is InChI=1S/C17H13ClF2N4O4S.C17H13F3N4O4S/c2*18-12-4-2-1-3-9(12)7-14(25)22-10-5-6-11(13(8-10)29(21,26)27)16-23-24-17(28-16)15(19)20/h2*1-6,8,15H,7H2,(H,22,25)(H2,21,26,27). The lowest BCUT2D eigenvalue weighted by molar-refractivity contribution is -0.116. The summed E-state index contributed by atoms with van der Waals surface area (Å²) in [5.74, 6) is -4.49. The van der Waals surface area contributed by atoms with E-state index in [0.29, 0.717) is 10.6 Å². The summed E-state index contributed by atoms with van der Waals surface area (Å²) in [5, 5.41) is 28.8. The number of alkyl halides is 4. The number of benzene rings is 4. The Morgan fingerprint density at radius 1 is 0.638 bits per heavy atom. The molecule has 6 aromatic rings. The van der Waals surface area contributed by atoms with Gasteiger partial charge in [-0.2, -0.15) is 17.6 Å². The van der Waals surface area contributed by atoms with Gasteiger partial charge in [0, 0.05) is 16.4 Å². The molecule has 24 heteroatoms. The van der Waals surface area contributed by atoms with Gasteiger partial charge in [-0.25, -0.2) is 31.5 Å². The van der Waals surface area contributed by atoms with Crippen molar-refractivity contribution < 1.29 is 57.2 Å². The number of sulfonamides is 2. The Balaban J connectivity index is 0.000000221. The van der Waals surface area contributed by atoms with Crippen molar-refractivity contribution in [2.75, 3.05) is 10.6 Å². The van der Waals surface area contributed by atoms with Gasteiger partial charge in [0.1, 0.15) is 5.82 Å². The summed E-state index contributed by atoms with van der Waals surface area (Å²) >= 11 is 6.02. The van der Waals surface area contributed by atoms with E-state index in [1.165, 1.54) is 42.5 Å². The molecule has 0 unspecified atom stereocenters. The van der Waals surface area contributed by atoms with E-state index in [-0.39, 0.29) is 40.9 Å². The Morgan fingerprint density at radius 3 is 1.45 bits per heavy atom. The minimum atomic E-state index is -4.34. The van der Waals surface area contributed by atoms with E-state index >= 15 is 0 Å². The number of aromatic nitrogens is 4. The highest BCUT2D eigenvalue weighted by atomic mass is 35.5. The maximum Gasteiger partial charge on any atom is 0.314 e. The number of rotatable bonds is 12. The molecule has 0 spiro atoms. The molecular formula is C34H26ClF5N8O8S2. The van der Waals surface area contributed by atoms with Crippen molar-refractivity contribution in [1.82, 2.24) is 20.4 Å². The largest absolute Gasteiger partial charge is 0.415 e. The van der Waals surface area contributed by atoms with Crippen LogP contribution >= 0.6 is 11.6 Å². The van der Waals surface area contributed by atoms with Gasteiger partial charge in [-0.3, -0.25) is 9.59 Å². The number of primary sulfonamides is 2. The van der Waals surface area contributed by atoms with Crippen molar-refractivity contribution in [2.45, 2.75) is 35.5 Å². The maximum absolute atomic E-state index is 13.7. The molecule has 2 heterocycles. The predicted molar refractivity (Wildman–Crippen MR) is 195 cm³/mol. The van der Waals surface area contributed by atoms with Gasteiger partial charge in [0.2, 0.25) is 43.6 Å². The third kappa shape index (κ3) is 11.0.